The topological polar surface area (TPSA) is 79.3 Å². The molecule has 6 heteroatoms. The summed E-state index contributed by atoms with van der Waals surface area (Å²) in [5, 5.41) is 2.72. The zero-order valence-electron chi connectivity index (χ0n) is 13.1. The molecule has 122 valence electrons. The molecular weight excluding hydrogens is 316 g/mol. The normalized spacial score (nSPS) is 10.7. The highest BCUT2D eigenvalue weighted by Crippen LogP contribution is 2.21. The number of anilines is 1. The van der Waals surface area contributed by atoms with Crippen LogP contribution in [0.15, 0.2) is 78.0 Å². The van der Waals surface area contributed by atoms with Crippen LogP contribution in [0.3, 0.4) is 0 Å². The van der Waals surface area contributed by atoms with Gasteiger partial charge in [0, 0.05) is 29.8 Å². The summed E-state index contributed by atoms with van der Waals surface area (Å²) < 4.78 is 1.95. The number of nitrogens with one attached hydrogen (secondary N) is 2. The van der Waals surface area contributed by atoms with Crippen LogP contribution in [0.25, 0.3) is 16.9 Å². The summed E-state index contributed by atoms with van der Waals surface area (Å²) in [4.78, 5) is 30.9. The highest BCUT2D eigenvalue weighted by atomic mass is 16.2. The summed E-state index contributed by atoms with van der Waals surface area (Å²) in [6.45, 7) is 0. The molecule has 0 spiro atoms. The molecule has 0 fully saturated rings. The van der Waals surface area contributed by atoms with Crippen molar-refractivity contribution in [3.63, 3.8) is 0 Å². The molecule has 0 saturated heterocycles. The van der Waals surface area contributed by atoms with Gasteiger partial charge in [-0.25, -0.2) is 4.98 Å². The Kier molecular flexibility index (Phi) is 3.63. The van der Waals surface area contributed by atoms with Crippen LogP contribution in [0.1, 0.15) is 10.4 Å². The largest absolute Gasteiger partial charge is 0.328 e. The van der Waals surface area contributed by atoms with Crippen molar-refractivity contribution in [1.82, 2.24) is 14.4 Å². The molecule has 3 aromatic heterocycles. The van der Waals surface area contributed by atoms with E-state index in [2.05, 4.69) is 15.3 Å². The van der Waals surface area contributed by atoms with Crippen LogP contribution in [-0.4, -0.2) is 20.3 Å². The highest BCUT2D eigenvalue weighted by molar-refractivity contribution is 6.04. The monoisotopic (exact) mass is 330 g/mol. The quantitative estimate of drug-likeness (QED) is 0.606. The summed E-state index contributed by atoms with van der Waals surface area (Å²) in [7, 11) is 0. The molecule has 4 rings (SSSR count). The lowest BCUT2D eigenvalue weighted by molar-refractivity contribution is 0.102. The smallest absolute Gasteiger partial charge is 0.261 e. The second-order valence-corrected chi connectivity index (χ2v) is 5.54. The number of amides is 1. The average Bonchev–Trinajstić information content (AvgIpc) is 3.07. The summed E-state index contributed by atoms with van der Waals surface area (Å²) in [5.74, 6) is -0.442. The number of pyridine rings is 2. The summed E-state index contributed by atoms with van der Waals surface area (Å²) in [6.07, 6.45) is 5.38. The van der Waals surface area contributed by atoms with Crippen molar-refractivity contribution >= 4 is 17.2 Å². The number of carbonyl (C=O) groups is 1. The van der Waals surface area contributed by atoms with E-state index in [1.165, 1.54) is 12.3 Å². The molecular formula is C19H14N4O2. The van der Waals surface area contributed by atoms with Gasteiger partial charge in [0.1, 0.15) is 11.2 Å². The van der Waals surface area contributed by atoms with Crippen LogP contribution >= 0.6 is 0 Å². The first-order chi connectivity index (χ1) is 12.2. The van der Waals surface area contributed by atoms with Crippen LogP contribution in [0.4, 0.5) is 5.69 Å². The third kappa shape index (κ3) is 2.92. The van der Waals surface area contributed by atoms with E-state index in [-0.39, 0.29) is 5.56 Å². The molecule has 0 radical (unpaired) electrons. The standard InChI is InChI=1S/C19H14N4O2/c24-18-15(4-3-10-20-18)19(25)21-14-8-6-13(7-9-14)16-12-23-11-2-1-5-17(23)22-16/h1-12H,(H,20,24)(H,21,25). The van der Waals surface area contributed by atoms with E-state index in [1.54, 1.807) is 18.2 Å². The zero-order chi connectivity index (χ0) is 17.2. The molecule has 0 aliphatic carbocycles. The zero-order valence-corrected chi connectivity index (χ0v) is 13.1. The Bertz CT molecular complexity index is 1080. The van der Waals surface area contributed by atoms with Crippen molar-refractivity contribution in [2.45, 2.75) is 0 Å². The molecule has 2 N–H and O–H groups in total. The van der Waals surface area contributed by atoms with Crippen molar-refractivity contribution < 1.29 is 4.79 Å². The highest BCUT2D eigenvalue weighted by Gasteiger charge is 2.10. The molecule has 0 bridgehead atoms. The van der Waals surface area contributed by atoms with Gasteiger partial charge in [-0.15, -0.1) is 0 Å². The van der Waals surface area contributed by atoms with Gasteiger partial charge in [0.05, 0.1) is 5.69 Å². The fourth-order valence-corrected chi connectivity index (χ4v) is 2.60. The minimum Gasteiger partial charge on any atom is -0.328 e. The molecule has 1 amide bonds. The Hall–Kier alpha value is -3.67. The van der Waals surface area contributed by atoms with Crippen molar-refractivity contribution in [3.8, 4) is 11.3 Å². The first kappa shape index (κ1) is 14.9. The summed E-state index contributed by atoms with van der Waals surface area (Å²) in [6, 6.07) is 16.3. The van der Waals surface area contributed by atoms with Crippen molar-refractivity contribution in [2.24, 2.45) is 0 Å². The molecule has 0 saturated carbocycles. The summed E-state index contributed by atoms with van der Waals surface area (Å²) >= 11 is 0. The van der Waals surface area contributed by atoms with Gasteiger partial charge in [0.15, 0.2) is 0 Å². The SMILES string of the molecule is O=C(Nc1ccc(-c2cn3ccccc3n2)cc1)c1ccc[nH]c1=O. The molecule has 6 nitrogen and oxygen atoms in total. The number of hydrogen-bond acceptors (Lipinski definition) is 3. The minimum atomic E-state index is -0.442. The Morgan fingerprint density at radius 3 is 2.64 bits per heavy atom. The Labute approximate surface area is 142 Å². The van der Waals surface area contributed by atoms with E-state index in [0.29, 0.717) is 5.69 Å². The number of H-pyrrole nitrogens is 1. The van der Waals surface area contributed by atoms with Crippen LogP contribution in [0, 0.1) is 0 Å². The second-order valence-electron chi connectivity index (χ2n) is 5.54. The Morgan fingerprint density at radius 2 is 1.88 bits per heavy atom. The number of carbonyl (C=O) groups excluding carboxylic acids is 1. The van der Waals surface area contributed by atoms with Crippen LogP contribution in [-0.2, 0) is 0 Å². The van der Waals surface area contributed by atoms with Gasteiger partial charge in [-0.2, -0.15) is 0 Å². The lowest BCUT2D eigenvalue weighted by Gasteiger charge is -2.05. The number of benzene rings is 1. The van der Waals surface area contributed by atoms with Gasteiger partial charge in [-0.3, -0.25) is 9.59 Å². The molecule has 25 heavy (non-hydrogen) atoms. The maximum Gasteiger partial charge on any atom is 0.261 e. The predicted octanol–water partition coefficient (Wildman–Crippen LogP) is 2.94. The molecule has 0 atom stereocenters. The summed E-state index contributed by atoms with van der Waals surface area (Å²) in [5.41, 5.74) is 2.94. The van der Waals surface area contributed by atoms with Crippen molar-refractivity contribution in [2.75, 3.05) is 5.32 Å². The second kappa shape index (κ2) is 6.09. The van der Waals surface area contributed by atoms with E-state index in [0.717, 1.165) is 16.9 Å². The van der Waals surface area contributed by atoms with Crippen LogP contribution in [0.2, 0.25) is 0 Å². The molecule has 4 aromatic rings. The minimum absolute atomic E-state index is 0.0759. The number of rotatable bonds is 3. The van der Waals surface area contributed by atoms with E-state index >= 15 is 0 Å². The Morgan fingerprint density at radius 1 is 1.04 bits per heavy atom. The van der Waals surface area contributed by atoms with Gasteiger partial charge in [-0.1, -0.05) is 18.2 Å². The third-order valence-corrected chi connectivity index (χ3v) is 3.87. The van der Waals surface area contributed by atoms with Crippen molar-refractivity contribution in [1.29, 1.82) is 0 Å². The van der Waals surface area contributed by atoms with Crippen LogP contribution in [0.5, 0.6) is 0 Å². The van der Waals surface area contributed by atoms with Gasteiger partial charge < -0.3 is 14.7 Å². The first-order valence-corrected chi connectivity index (χ1v) is 7.74. The fourth-order valence-electron chi connectivity index (χ4n) is 2.60. The van der Waals surface area contributed by atoms with Crippen molar-refractivity contribution in [3.05, 3.63) is 89.1 Å². The predicted molar refractivity (Wildman–Crippen MR) is 95.6 cm³/mol. The van der Waals surface area contributed by atoms with Gasteiger partial charge in [0.25, 0.3) is 11.5 Å². The number of nitrogens with zero attached hydrogens (tertiary/aromatic N) is 2. The first-order valence-electron chi connectivity index (χ1n) is 7.74. The lowest BCUT2D eigenvalue weighted by atomic mass is 10.1. The van der Waals surface area contributed by atoms with E-state index < -0.39 is 11.5 Å². The lowest BCUT2D eigenvalue weighted by Crippen LogP contribution is -2.22. The number of hydrogen-bond donors (Lipinski definition) is 2. The molecule has 0 unspecified atom stereocenters. The third-order valence-electron chi connectivity index (χ3n) is 3.87. The number of fused-ring (bicyclic) bond motifs is 1. The molecule has 1 aromatic carbocycles. The van der Waals surface area contributed by atoms with Crippen LogP contribution < -0.4 is 10.9 Å². The fraction of sp³-hybridized carbons (Fsp3) is 0. The number of imidazole rings is 1. The van der Waals surface area contributed by atoms with E-state index in [1.807, 2.05) is 47.1 Å². The average molecular weight is 330 g/mol. The molecule has 0 aliphatic rings. The molecule has 3 heterocycles. The number of aromatic amines is 1. The van der Waals surface area contributed by atoms with Gasteiger partial charge in [-0.05, 0) is 36.4 Å². The van der Waals surface area contributed by atoms with E-state index in [9.17, 15) is 9.59 Å². The number of aromatic nitrogens is 3. The Balaban J connectivity index is 1.57. The van der Waals surface area contributed by atoms with Gasteiger partial charge in [0.2, 0.25) is 0 Å². The van der Waals surface area contributed by atoms with E-state index in [4.69, 9.17) is 0 Å². The maximum atomic E-state index is 12.2. The molecule has 0 aliphatic heterocycles. The van der Waals surface area contributed by atoms with Gasteiger partial charge >= 0.3 is 0 Å². The maximum absolute atomic E-state index is 12.2.